The molecule has 2 saturated heterocycles. The normalized spacial score (nSPS) is 21.6. The number of carbonyl (C=O) groups is 4. The number of likely N-dealkylation sites (tertiary alicyclic amines) is 2. The van der Waals surface area contributed by atoms with Gasteiger partial charge < -0.3 is 30.2 Å². The minimum absolute atomic E-state index is 0.0679. The van der Waals surface area contributed by atoms with Gasteiger partial charge in [0.1, 0.15) is 5.75 Å². The van der Waals surface area contributed by atoms with E-state index in [1.54, 1.807) is 28.0 Å². The summed E-state index contributed by atoms with van der Waals surface area (Å²) in [6, 6.07) is 12.7. The maximum atomic E-state index is 13.6. The van der Waals surface area contributed by atoms with Crippen molar-refractivity contribution in [3.05, 3.63) is 64.8 Å². The van der Waals surface area contributed by atoms with Crippen molar-refractivity contribution in [2.75, 3.05) is 39.8 Å². The lowest BCUT2D eigenvalue weighted by molar-refractivity contribution is -0.139. The van der Waals surface area contributed by atoms with Crippen molar-refractivity contribution >= 4 is 46.1 Å². The van der Waals surface area contributed by atoms with E-state index in [0.717, 1.165) is 35.1 Å². The van der Waals surface area contributed by atoms with E-state index in [1.807, 2.05) is 30.5 Å². The Kier molecular flexibility index (Phi) is 7.81. The van der Waals surface area contributed by atoms with E-state index in [2.05, 4.69) is 15.6 Å². The molecule has 220 valence electrons. The largest absolute Gasteiger partial charge is 0.490 e. The highest BCUT2D eigenvalue weighted by atomic mass is 35.5. The smallest absolute Gasteiger partial charge is 0.253 e. The van der Waals surface area contributed by atoms with Crippen LogP contribution in [0.15, 0.2) is 48.7 Å². The number of nitrogens with zero attached hydrogens (tertiary/aromatic N) is 2. The average Bonchev–Trinajstić information content (AvgIpc) is 3.57. The molecule has 3 unspecified atom stereocenters. The number of benzene rings is 2. The third kappa shape index (κ3) is 5.94. The van der Waals surface area contributed by atoms with Crippen LogP contribution in [-0.2, 0) is 20.8 Å². The van der Waals surface area contributed by atoms with Crippen LogP contribution < -0.4 is 15.4 Å². The summed E-state index contributed by atoms with van der Waals surface area (Å²) in [6.45, 7) is 1.39. The van der Waals surface area contributed by atoms with Gasteiger partial charge in [-0.1, -0.05) is 17.7 Å². The molecule has 0 bridgehead atoms. The molecule has 2 aliphatic heterocycles. The minimum atomic E-state index is -0.550. The maximum Gasteiger partial charge on any atom is 0.253 e. The van der Waals surface area contributed by atoms with E-state index < -0.39 is 5.92 Å². The molecule has 42 heavy (non-hydrogen) atoms. The molecule has 2 aromatic carbocycles. The molecule has 3 aromatic rings. The number of H-pyrrole nitrogens is 1. The van der Waals surface area contributed by atoms with E-state index in [4.69, 9.17) is 16.3 Å². The Balaban J connectivity index is 1.18. The van der Waals surface area contributed by atoms with Crippen LogP contribution in [0.3, 0.4) is 0 Å². The lowest BCUT2D eigenvalue weighted by Crippen LogP contribution is -2.54. The second kappa shape index (κ2) is 11.7. The highest BCUT2D eigenvalue weighted by Crippen LogP contribution is 2.37. The first-order valence-corrected chi connectivity index (χ1v) is 14.7. The molecular formula is C31H34ClN5O5. The first kappa shape index (κ1) is 28.1. The number of nitrogens with one attached hydrogen (secondary N) is 3. The van der Waals surface area contributed by atoms with Crippen LogP contribution in [0, 0.1) is 17.8 Å². The number of aromatic nitrogens is 1. The number of halogens is 1. The minimum Gasteiger partial charge on any atom is -0.490 e. The molecule has 4 amide bonds. The SMILES string of the molecule is CNC(=O)CNC(=O)C1CN(C(=O)Cc2c[nH]c3cc(Cl)ccc23)CC2CN(C(=O)c3ccc(OC4CC4)cc3)CC21. The second-order valence-corrected chi connectivity index (χ2v) is 11.9. The lowest BCUT2D eigenvalue weighted by atomic mass is 9.79. The van der Waals surface area contributed by atoms with Gasteiger partial charge in [-0.15, -0.1) is 0 Å². The van der Waals surface area contributed by atoms with Crippen LogP contribution >= 0.6 is 11.6 Å². The van der Waals surface area contributed by atoms with Crippen LogP contribution in [0.4, 0.5) is 0 Å². The van der Waals surface area contributed by atoms with Crippen molar-refractivity contribution < 1.29 is 23.9 Å². The van der Waals surface area contributed by atoms with Crippen LogP contribution in [0.5, 0.6) is 5.75 Å². The van der Waals surface area contributed by atoms with Crippen molar-refractivity contribution in [3.63, 3.8) is 0 Å². The number of ether oxygens (including phenoxy) is 1. The molecule has 11 heteroatoms. The van der Waals surface area contributed by atoms with Gasteiger partial charge in [0.15, 0.2) is 0 Å². The fraction of sp³-hybridized carbons (Fsp3) is 0.419. The van der Waals surface area contributed by atoms with Crippen LogP contribution in [0.1, 0.15) is 28.8 Å². The molecule has 3 heterocycles. The molecule has 0 radical (unpaired) electrons. The van der Waals surface area contributed by atoms with Crippen LogP contribution in [-0.4, -0.2) is 84.3 Å². The standard InChI is InChI=1S/C31H34ClN5O5/c1-33-28(38)13-35-30(40)26-17-36(29(39)10-19-12-34-27-11-21(32)4-9-24(19)27)14-20-15-37(16-25(20)26)31(41)18-2-5-22(6-3-18)42-23-7-8-23/h2-6,9,11-12,20,23,25-26,34H,7-8,10,13-17H2,1H3,(H,33,38)(H,35,40). The summed E-state index contributed by atoms with van der Waals surface area (Å²) in [4.78, 5) is 59.0. The first-order valence-electron chi connectivity index (χ1n) is 14.4. The Labute approximate surface area is 248 Å². The molecule has 1 aliphatic carbocycles. The predicted octanol–water partition coefficient (Wildman–Crippen LogP) is 2.61. The van der Waals surface area contributed by atoms with E-state index in [1.165, 1.54) is 7.05 Å². The maximum absolute atomic E-state index is 13.6. The number of amides is 4. The first-order chi connectivity index (χ1) is 20.3. The highest BCUT2D eigenvalue weighted by Gasteiger charge is 2.47. The van der Waals surface area contributed by atoms with Gasteiger partial charge in [0.25, 0.3) is 5.91 Å². The summed E-state index contributed by atoms with van der Waals surface area (Å²) in [7, 11) is 1.51. The second-order valence-electron chi connectivity index (χ2n) is 11.5. The summed E-state index contributed by atoms with van der Waals surface area (Å²) in [5.74, 6) is -0.788. The van der Waals surface area contributed by atoms with Gasteiger partial charge in [0.2, 0.25) is 17.7 Å². The lowest BCUT2D eigenvalue weighted by Gasteiger charge is -2.39. The fourth-order valence-electron chi connectivity index (χ4n) is 6.13. The quantitative estimate of drug-likeness (QED) is 0.372. The van der Waals surface area contributed by atoms with Crippen molar-refractivity contribution in [1.82, 2.24) is 25.4 Å². The molecule has 3 atom stereocenters. The number of aromatic amines is 1. The number of hydrogen-bond acceptors (Lipinski definition) is 5. The summed E-state index contributed by atoms with van der Waals surface area (Å²) in [5, 5.41) is 6.77. The third-order valence-electron chi connectivity index (χ3n) is 8.56. The Bertz CT molecular complexity index is 1520. The van der Waals surface area contributed by atoms with Crippen molar-refractivity contribution in [2.45, 2.75) is 25.4 Å². The molecule has 0 spiro atoms. The van der Waals surface area contributed by atoms with Crippen molar-refractivity contribution in [2.24, 2.45) is 17.8 Å². The topological polar surface area (TPSA) is 124 Å². The average molecular weight is 592 g/mol. The molecule has 6 rings (SSSR count). The number of rotatable bonds is 8. The van der Waals surface area contributed by atoms with Gasteiger partial charge in [-0.25, -0.2) is 0 Å². The number of carbonyl (C=O) groups excluding carboxylic acids is 4. The molecule has 3 N–H and O–H groups in total. The number of hydrogen-bond donors (Lipinski definition) is 3. The Hall–Kier alpha value is -4.05. The van der Waals surface area contributed by atoms with Gasteiger partial charge in [0.05, 0.1) is 25.0 Å². The van der Waals surface area contributed by atoms with Crippen LogP contribution in [0.25, 0.3) is 10.9 Å². The molecule has 1 saturated carbocycles. The number of fused-ring (bicyclic) bond motifs is 2. The van der Waals surface area contributed by atoms with Gasteiger partial charge in [-0.05, 0) is 66.6 Å². The molecule has 10 nitrogen and oxygen atoms in total. The monoisotopic (exact) mass is 591 g/mol. The zero-order chi connectivity index (χ0) is 29.4. The number of likely N-dealkylation sites (N-methyl/N-ethyl adjacent to an activating group) is 1. The summed E-state index contributed by atoms with van der Waals surface area (Å²) < 4.78 is 5.81. The molecule has 1 aromatic heterocycles. The summed E-state index contributed by atoms with van der Waals surface area (Å²) in [5.41, 5.74) is 2.27. The fourth-order valence-corrected chi connectivity index (χ4v) is 6.30. The van der Waals surface area contributed by atoms with Gasteiger partial charge in [-0.2, -0.15) is 0 Å². The summed E-state index contributed by atoms with van der Waals surface area (Å²) in [6.07, 6.45) is 4.38. The predicted molar refractivity (Wildman–Crippen MR) is 157 cm³/mol. The zero-order valence-corrected chi connectivity index (χ0v) is 24.2. The molecule has 3 aliphatic rings. The van der Waals surface area contributed by atoms with Gasteiger partial charge in [-0.3, -0.25) is 19.2 Å². The van der Waals surface area contributed by atoms with E-state index >= 15 is 0 Å². The Morgan fingerprint density at radius 1 is 1.00 bits per heavy atom. The zero-order valence-electron chi connectivity index (χ0n) is 23.4. The van der Waals surface area contributed by atoms with E-state index in [9.17, 15) is 19.2 Å². The third-order valence-corrected chi connectivity index (χ3v) is 8.79. The van der Waals surface area contributed by atoms with Gasteiger partial charge in [0, 0.05) is 60.9 Å². The summed E-state index contributed by atoms with van der Waals surface area (Å²) >= 11 is 6.12. The molecular weight excluding hydrogens is 558 g/mol. The number of piperidine rings is 1. The van der Waals surface area contributed by atoms with Crippen LogP contribution in [0.2, 0.25) is 5.02 Å². The van der Waals surface area contributed by atoms with E-state index in [-0.39, 0.29) is 61.1 Å². The van der Waals surface area contributed by atoms with Crippen molar-refractivity contribution in [3.8, 4) is 5.75 Å². The highest BCUT2D eigenvalue weighted by molar-refractivity contribution is 6.31. The van der Waals surface area contributed by atoms with Gasteiger partial charge >= 0.3 is 0 Å². The Morgan fingerprint density at radius 2 is 1.76 bits per heavy atom. The van der Waals surface area contributed by atoms with E-state index in [0.29, 0.717) is 30.2 Å². The Morgan fingerprint density at radius 3 is 2.50 bits per heavy atom. The van der Waals surface area contributed by atoms with Crippen molar-refractivity contribution in [1.29, 1.82) is 0 Å². The molecule has 3 fully saturated rings.